The molecule has 0 saturated heterocycles. The molecule has 21 heavy (non-hydrogen) atoms. The van der Waals surface area contributed by atoms with Crippen LogP contribution in [0.2, 0.25) is 0 Å². The van der Waals surface area contributed by atoms with Gasteiger partial charge in [0.2, 0.25) is 5.91 Å². The fourth-order valence-electron chi connectivity index (χ4n) is 1.87. The van der Waals surface area contributed by atoms with E-state index in [9.17, 15) is 9.59 Å². The van der Waals surface area contributed by atoms with Crippen LogP contribution in [0.5, 0.6) is 0 Å². The summed E-state index contributed by atoms with van der Waals surface area (Å²) in [6, 6.07) is 1.33. The van der Waals surface area contributed by atoms with Crippen LogP contribution in [0.1, 0.15) is 29.1 Å². The Morgan fingerprint density at radius 3 is 2.62 bits per heavy atom. The molecule has 0 bridgehead atoms. The number of anilines is 1. The SMILES string of the molecule is CNC(=O)c1nn(C)cc1NC(=O)C(C)n1ccc(C)n1. The van der Waals surface area contributed by atoms with E-state index in [-0.39, 0.29) is 17.5 Å². The van der Waals surface area contributed by atoms with Crippen molar-refractivity contribution in [2.24, 2.45) is 7.05 Å². The Bertz CT molecular complexity index is 672. The van der Waals surface area contributed by atoms with Crippen LogP contribution in [0.3, 0.4) is 0 Å². The molecular weight excluding hydrogens is 272 g/mol. The molecule has 0 spiro atoms. The number of aromatic nitrogens is 4. The number of nitrogens with one attached hydrogen (secondary N) is 2. The van der Waals surface area contributed by atoms with Crippen molar-refractivity contribution in [2.45, 2.75) is 19.9 Å². The summed E-state index contributed by atoms with van der Waals surface area (Å²) in [5.74, 6) is -0.621. The first kappa shape index (κ1) is 14.8. The van der Waals surface area contributed by atoms with Crippen LogP contribution in [0.25, 0.3) is 0 Å². The van der Waals surface area contributed by atoms with Gasteiger partial charge in [-0.2, -0.15) is 10.2 Å². The lowest BCUT2D eigenvalue weighted by Gasteiger charge is -2.12. The third-order valence-corrected chi connectivity index (χ3v) is 3.05. The first-order valence-corrected chi connectivity index (χ1v) is 6.50. The van der Waals surface area contributed by atoms with Gasteiger partial charge in [0.15, 0.2) is 5.69 Å². The molecule has 0 aliphatic carbocycles. The van der Waals surface area contributed by atoms with Gasteiger partial charge in [-0.1, -0.05) is 0 Å². The van der Waals surface area contributed by atoms with Crippen LogP contribution in [-0.4, -0.2) is 38.4 Å². The molecule has 2 aromatic rings. The molecule has 2 heterocycles. The summed E-state index contributed by atoms with van der Waals surface area (Å²) in [6.07, 6.45) is 3.33. The summed E-state index contributed by atoms with van der Waals surface area (Å²) in [7, 11) is 3.19. The molecule has 2 amide bonds. The van der Waals surface area contributed by atoms with Crippen LogP contribution in [0, 0.1) is 6.92 Å². The zero-order valence-corrected chi connectivity index (χ0v) is 12.4. The van der Waals surface area contributed by atoms with E-state index in [4.69, 9.17) is 0 Å². The zero-order valence-electron chi connectivity index (χ0n) is 12.4. The van der Waals surface area contributed by atoms with Gasteiger partial charge in [-0.25, -0.2) is 0 Å². The second-order valence-corrected chi connectivity index (χ2v) is 4.75. The topological polar surface area (TPSA) is 93.8 Å². The van der Waals surface area contributed by atoms with Gasteiger partial charge in [0.05, 0.1) is 11.4 Å². The number of amides is 2. The Morgan fingerprint density at radius 1 is 1.33 bits per heavy atom. The number of hydrogen-bond donors (Lipinski definition) is 2. The van der Waals surface area contributed by atoms with Gasteiger partial charge in [0, 0.05) is 26.5 Å². The van der Waals surface area contributed by atoms with E-state index in [2.05, 4.69) is 20.8 Å². The molecule has 1 atom stereocenters. The molecule has 0 aliphatic rings. The summed E-state index contributed by atoms with van der Waals surface area (Å²) in [5, 5.41) is 13.4. The highest BCUT2D eigenvalue weighted by Gasteiger charge is 2.21. The number of rotatable bonds is 4. The van der Waals surface area contributed by atoms with Crippen molar-refractivity contribution < 1.29 is 9.59 Å². The minimum Gasteiger partial charge on any atom is -0.354 e. The molecule has 2 N–H and O–H groups in total. The highest BCUT2D eigenvalue weighted by molar-refractivity contribution is 6.02. The lowest BCUT2D eigenvalue weighted by Crippen LogP contribution is -2.26. The fraction of sp³-hybridized carbons (Fsp3) is 0.385. The molecule has 0 fully saturated rings. The van der Waals surface area contributed by atoms with Crippen LogP contribution in [0.15, 0.2) is 18.5 Å². The van der Waals surface area contributed by atoms with Gasteiger partial charge >= 0.3 is 0 Å². The van der Waals surface area contributed by atoms with Crippen molar-refractivity contribution in [2.75, 3.05) is 12.4 Å². The highest BCUT2D eigenvalue weighted by Crippen LogP contribution is 2.16. The summed E-state index contributed by atoms with van der Waals surface area (Å²) in [4.78, 5) is 24.0. The third kappa shape index (κ3) is 3.10. The smallest absolute Gasteiger partial charge is 0.273 e. The summed E-state index contributed by atoms with van der Waals surface area (Å²) in [6.45, 7) is 3.59. The third-order valence-electron chi connectivity index (χ3n) is 3.05. The van der Waals surface area contributed by atoms with Gasteiger partial charge in [0.25, 0.3) is 5.91 Å². The van der Waals surface area contributed by atoms with Crippen molar-refractivity contribution in [3.05, 3.63) is 29.8 Å². The van der Waals surface area contributed by atoms with E-state index >= 15 is 0 Å². The Labute approximate surface area is 122 Å². The summed E-state index contributed by atoms with van der Waals surface area (Å²) < 4.78 is 3.05. The van der Waals surface area contributed by atoms with Gasteiger partial charge in [-0.15, -0.1) is 0 Å². The minimum atomic E-state index is -0.489. The van der Waals surface area contributed by atoms with Crippen molar-refractivity contribution >= 4 is 17.5 Å². The molecule has 0 aliphatic heterocycles. The number of carbonyl (C=O) groups excluding carboxylic acids is 2. The van der Waals surface area contributed by atoms with Crippen molar-refractivity contribution in [1.82, 2.24) is 24.9 Å². The summed E-state index contributed by atoms with van der Waals surface area (Å²) >= 11 is 0. The fourth-order valence-corrected chi connectivity index (χ4v) is 1.87. The lowest BCUT2D eigenvalue weighted by atomic mass is 10.3. The van der Waals surface area contributed by atoms with E-state index in [1.165, 1.54) is 11.7 Å². The Balaban J connectivity index is 2.18. The Morgan fingerprint density at radius 2 is 2.05 bits per heavy atom. The maximum absolute atomic E-state index is 12.3. The van der Waals surface area contributed by atoms with E-state index in [1.807, 2.05) is 13.0 Å². The molecule has 8 heteroatoms. The maximum atomic E-state index is 12.3. The van der Waals surface area contributed by atoms with Crippen molar-refractivity contribution in [3.8, 4) is 0 Å². The first-order valence-electron chi connectivity index (χ1n) is 6.50. The standard InChI is InChI=1S/C13H18N6O2/c1-8-5-6-19(16-8)9(2)12(20)15-10-7-18(4)17-11(10)13(21)14-3/h5-7,9H,1-4H3,(H,14,21)(H,15,20). The zero-order chi connectivity index (χ0) is 15.6. The second kappa shape index (κ2) is 5.78. The van der Waals surface area contributed by atoms with E-state index < -0.39 is 6.04 Å². The van der Waals surface area contributed by atoms with Gasteiger partial charge in [-0.05, 0) is 19.9 Å². The largest absolute Gasteiger partial charge is 0.354 e. The monoisotopic (exact) mass is 290 g/mol. The molecule has 2 rings (SSSR count). The van der Waals surface area contributed by atoms with Gasteiger partial charge in [-0.3, -0.25) is 19.0 Å². The predicted molar refractivity (Wildman–Crippen MR) is 76.9 cm³/mol. The molecule has 0 saturated carbocycles. The quantitative estimate of drug-likeness (QED) is 0.856. The molecule has 0 radical (unpaired) electrons. The number of hydrogen-bond acceptors (Lipinski definition) is 4. The van der Waals surface area contributed by atoms with Crippen molar-refractivity contribution in [3.63, 3.8) is 0 Å². The van der Waals surface area contributed by atoms with E-state index in [0.29, 0.717) is 5.69 Å². The molecule has 112 valence electrons. The predicted octanol–water partition coefficient (Wildman–Crippen LogP) is 0.484. The molecule has 8 nitrogen and oxygen atoms in total. The number of carbonyl (C=O) groups is 2. The highest BCUT2D eigenvalue weighted by atomic mass is 16.2. The molecule has 2 aromatic heterocycles. The average molecular weight is 290 g/mol. The maximum Gasteiger partial charge on any atom is 0.273 e. The van der Waals surface area contributed by atoms with Crippen LogP contribution in [0.4, 0.5) is 5.69 Å². The normalized spacial score (nSPS) is 12.0. The number of nitrogens with zero attached hydrogens (tertiary/aromatic N) is 4. The molecular formula is C13H18N6O2. The van der Waals surface area contributed by atoms with Crippen LogP contribution < -0.4 is 10.6 Å². The lowest BCUT2D eigenvalue weighted by molar-refractivity contribution is -0.119. The minimum absolute atomic E-state index is 0.178. The van der Waals surface area contributed by atoms with Gasteiger partial charge < -0.3 is 10.6 Å². The van der Waals surface area contributed by atoms with Crippen LogP contribution >= 0.6 is 0 Å². The summed E-state index contributed by atoms with van der Waals surface area (Å²) in [5.41, 5.74) is 1.39. The second-order valence-electron chi connectivity index (χ2n) is 4.75. The average Bonchev–Trinajstić information content (AvgIpc) is 3.03. The van der Waals surface area contributed by atoms with E-state index in [1.54, 1.807) is 31.0 Å². The molecule has 1 unspecified atom stereocenters. The van der Waals surface area contributed by atoms with E-state index in [0.717, 1.165) is 5.69 Å². The number of aryl methyl sites for hydroxylation is 2. The Kier molecular flexibility index (Phi) is 4.06. The van der Waals surface area contributed by atoms with Crippen molar-refractivity contribution in [1.29, 1.82) is 0 Å². The molecule has 0 aromatic carbocycles. The Hall–Kier alpha value is -2.64. The first-order chi connectivity index (χ1) is 9.92. The van der Waals surface area contributed by atoms with Gasteiger partial charge in [0.1, 0.15) is 6.04 Å². The van der Waals surface area contributed by atoms with Crippen LogP contribution in [-0.2, 0) is 11.8 Å².